The van der Waals surface area contributed by atoms with Crippen molar-refractivity contribution in [1.82, 2.24) is 14.7 Å². The number of thioether (sulfide) groups is 1. The van der Waals surface area contributed by atoms with E-state index in [-0.39, 0.29) is 29.4 Å². The van der Waals surface area contributed by atoms with Crippen molar-refractivity contribution >= 4 is 50.4 Å². The molecule has 1 N–H and O–H groups in total. The van der Waals surface area contributed by atoms with Gasteiger partial charge < -0.3 is 5.32 Å². The molecule has 7 nitrogen and oxygen atoms in total. The molecule has 0 atom stereocenters. The Morgan fingerprint density at radius 1 is 1.17 bits per heavy atom. The first kappa shape index (κ1) is 19.4. The van der Waals surface area contributed by atoms with E-state index in [1.165, 1.54) is 4.90 Å². The van der Waals surface area contributed by atoms with E-state index in [4.69, 9.17) is 0 Å². The number of rotatable bonds is 5. The standard InChI is InChI=1S/C20H15BrN4O3S/c21-15-9-22-25(11-15)17-7-2-1-6-16(17)23-19(27)14-5-3-4-13(8-14)10-24-18(26)12-29-20(24)28/h1-9,11H,10,12H2,(H,23,27). The Morgan fingerprint density at radius 2 is 2.00 bits per heavy atom. The molecule has 1 aliphatic heterocycles. The first-order chi connectivity index (χ1) is 14.0. The zero-order valence-electron chi connectivity index (χ0n) is 15.0. The molecule has 3 aromatic rings. The number of halogens is 1. The third-order valence-corrected chi connectivity index (χ3v) is 5.59. The number of hydrogen-bond donors (Lipinski definition) is 1. The number of nitrogens with zero attached hydrogens (tertiary/aromatic N) is 3. The summed E-state index contributed by atoms with van der Waals surface area (Å²) in [5.41, 5.74) is 2.49. The van der Waals surface area contributed by atoms with Crippen molar-refractivity contribution < 1.29 is 14.4 Å². The topological polar surface area (TPSA) is 84.3 Å². The molecular weight excluding hydrogens is 456 g/mol. The average molecular weight is 471 g/mol. The van der Waals surface area contributed by atoms with Crippen molar-refractivity contribution in [1.29, 1.82) is 0 Å². The predicted molar refractivity (Wildman–Crippen MR) is 114 cm³/mol. The van der Waals surface area contributed by atoms with Gasteiger partial charge in [0, 0.05) is 11.8 Å². The quantitative estimate of drug-likeness (QED) is 0.606. The van der Waals surface area contributed by atoms with Crippen LogP contribution in [0.15, 0.2) is 65.4 Å². The number of amides is 3. The van der Waals surface area contributed by atoms with Crippen LogP contribution in [0.1, 0.15) is 15.9 Å². The molecule has 1 saturated heterocycles. The molecule has 0 spiro atoms. The Labute approximate surface area is 179 Å². The zero-order valence-corrected chi connectivity index (χ0v) is 17.4. The summed E-state index contributed by atoms with van der Waals surface area (Å²) in [7, 11) is 0. The lowest BCUT2D eigenvalue weighted by molar-refractivity contribution is -0.125. The highest BCUT2D eigenvalue weighted by Crippen LogP contribution is 2.23. The molecule has 0 radical (unpaired) electrons. The van der Waals surface area contributed by atoms with Crippen LogP contribution in [0.5, 0.6) is 0 Å². The SMILES string of the molecule is O=C(Nc1ccccc1-n1cc(Br)cn1)c1cccc(CN2C(=O)CSC2=O)c1. The van der Waals surface area contributed by atoms with Crippen LogP contribution in [0.4, 0.5) is 10.5 Å². The summed E-state index contributed by atoms with van der Waals surface area (Å²) in [5.74, 6) is -0.340. The van der Waals surface area contributed by atoms with Gasteiger partial charge >= 0.3 is 0 Å². The van der Waals surface area contributed by atoms with Crippen LogP contribution < -0.4 is 5.32 Å². The summed E-state index contributed by atoms with van der Waals surface area (Å²) in [6.07, 6.45) is 3.47. The van der Waals surface area contributed by atoms with Gasteiger partial charge in [0.1, 0.15) is 0 Å². The molecule has 4 rings (SSSR count). The average Bonchev–Trinajstić information content (AvgIpc) is 3.29. The van der Waals surface area contributed by atoms with Crippen molar-refractivity contribution in [3.05, 3.63) is 76.5 Å². The minimum atomic E-state index is -0.293. The molecule has 0 saturated carbocycles. The lowest BCUT2D eigenvalue weighted by Gasteiger charge is -2.14. The molecule has 29 heavy (non-hydrogen) atoms. The van der Waals surface area contributed by atoms with Gasteiger partial charge in [-0.05, 0) is 45.8 Å². The normalized spacial score (nSPS) is 13.8. The van der Waals surface area contributed by atoms with Crippen molar-refractivity contribution in [2.75, 3.05) is 11.1 Å². The molecule has 2 heterocycles. The van der Waals surface area contributed by atoms with E-state index in [9.17, 15) is 14.4 Å². The second-order valence-corrected chi connectivity index (χ2v) is 8.15. The highest BCUT2D eigenvalue weighted by atomic mass is 79.9. The molecule has 3 amide bonds. The third kappa shape index (κ3) is 4.25. The number of hydrogen-bond acceptors (Lipinski definition) is 5. The number of anilines is 1. The molecular formula is C20H15BrN4O3S. The third-order valence-electron chi connectivity index (χ3n) is 4.32. The molecule has 0 aliphatic carbocycles. The monoisotopic (exact) mass is 470 g/mol. The lowest BCUT2D eigenvalue weighted by Crippen LogP contribution is -2.28. The second-order valence-electron chi connectivity index (χ2n) is 6.31. The molecule has 1 aromatic heterocycles. The van der Waals surface area contributed by atoms with Gasteiger partial charge in [-0.25, -0.2) is 4.68 Å². The Morgan fingerprint density at radius 3 is 2.72 bits per heavy atom. The number of nitrogens with one attached hydrogen (secondary N) is 1. The van der Waals surface area contributed by atoms with Crippen molar-refractivity contribution in [2.24, 2.45) is 0 Å². The number of para-hydroxylation sites is 2. The predicted octanol–water partition coefficient (Wildman–Crippen LogP) is 4.08. The van der Waals surface area contributed by atoms with Crippen molar-refractivity contribution in [2.45, 2.75) is 6.54 Å². The summed E-state index contributed by atoms with van der Waals surface area (Å²) >= 11 is 4.36. The van der Waals surface area contributed by atoms with E-state index in [0.29, 0.717) is 16.8 Å². The summed E-state index contributed by atoms with van der Waals surface area (Å²) in [4.78, 5) is 37.6. The maximum absolute atomic E-state index is 12.8. The number of carbonyl (C=O) groups excluding carboxylic acids is 3. The van der Waals surface area contributed by atoms with E-state index < -0.39 is 0 Å². The van der Waals surface area contributed by atoms with Crippen LogP contribution in [0.2, 0.25) is 0 Å². The highest BCUT2D eigenvalue weighted by Gasteiger charge is 2.29. The van der Waals surface area contributed by atoms with Crippen LogP contribution in [-0.4, -0.2) is 37.5 Å². The Bertz CT molecular complexity index is 1100. The summed E-state index contributed by atoms with van der Waals surface area (Å²) in [6, 6.07) is 14.2. The van der Waals surface area contributed by atoms with Gasteiger partial charge in [-0.15, -0.1) is 0 Å². The van der Waals surface area contributed by atoms with Gasteiger partial charge in [0.25, 0.3) is 11.1 Å². The van der Waals surface area contributed by atoms with Crippen LogP contribution in [0, 0.1) is 0 Å². The van der Waals surface area contributed by atoms with Crippen LogP contribution in [0.3, 0.4) is 0 Å². The number of carbonyl (C=O) groups is 3. The molecule has 9 heteroatoms. The minimum Gasteiger partial charge on any atom is -0.320 e. The van der Waals surface area contributed by atoms with Gasteiger partial charge in [-0.3, -0.25) is 19.3 Å². The lowest BCUT2D eigenvalue weighted by atomic mass is 10.1. The van der Waals surface area contributed by atoms with Gasteiger partial charge in [0.05, 0.1) is 34.3 Å². The van der Waals surface area contributed by atoms with Gasteiger partial charge in [-0.1, -0.05) is 36.0 Å². The number of imide groups is 1. The van der Waals surface area contributed by atoms with Gasteiger partial charge in [-0.2, -0.15) is 5.10 Å². The second kappa shape index (κ2) is 8.22. The summed E-state index contributed by atoms with van der Waals surface area (Å²) in [6.45, 7) is 0.156. The van der Waals surface area contributed by atoms with Gasteiger partial charge in [0.2, 0.25) is 5.91 Å². The molecule has 2 aromatic carbocycles. The molecule has 0 bridgehead atoms. The first-order valence-electron chi connectivity index (χ1n) is 8.68. The Balaban J connectivity index is 1.54. The number of aromatic nitrogens is 2. The first-order valence-corrected chi connectivity index (χ1v) is 10.5. The van der Waals surface area contributed by atoms with E-state index >= 15 is 0 Å². The minimum absolute atomic E-state index is 0.156. The fourth-order valence-corrected chi connectivity index (χ4v) is 3.94. The van der Waals surface area contributed by atoms with Crippen molar-refractivity contribution in [3.8, 4) is 5.69 Å². The van der Waals surface area contributed by atoms with E-state index in [0.717, 1.165) is 21.9 Å². The van der Waals surface area contributed by atoms with E-state index in [1.807, 2.05) is 18.2 Å². The molecule has 0 unspecified atom stereocenters. The molecule has 1 fully saturated rings. The van der Waals surface area contributed by atoms with E-state index in [1.54, 1.807) is 47.4 Å². The van der Waals surface area contributed by atoms with Crippen LogP contribution in [0.25, 0.3) is 5.69 Å². The Kier molecular flexibility index (Phi) is 5.50. The van der Waals surface area contributed by atoms with Crippen LogP contribution >= 0.6 is 27.7 Å². The summed E-state index contributed by atoms with van der Waals surface area (Å²) < 4.78 is 2.49. The Hall–Kier alpha value is -2.91. The van der Waals surface area contributed by atoms with E-state index in [2.05, 4.69) is 26.3 Å². The summed E-state index contributed by atoms with van der Waals surface area (Å²) in [5, 5.41) is 6.91. The largest absolute Gasteiger partial charge is 0.320 e. The van der Waals surface area contributed by atoms with Gasteiger partial charge in [0.15, 0.2) is 0 Å². The fourth-order valence-electron chi connectivity index (χ4n) is 2.93. The zero-order chi connectivity index (χ0) is 20.4. The maximum atomic E-state index is 12.8. The fraction of sp³-hybridized carbons (Fsp3) is 0.100. The highest BCUT2D eigenvalue weighted by molar-refractivity contribution is 9.10. The van der Waals surface area contributed by atoms with Crippen LogP contribution in [-0.2, 0) is 11.3 Å². The maximum Gasteiger partial charge on any atom is 0.289 e. The molecule has 146 valence electrons. The smallest absolute Gasteiger partial charge is 0.289 e. The molecule has 1 aliphatic rings. The van der Waals surface area contributed by atoms with Crippen molar-refractivity contribution in [3.63, 3.8) is 0 Å². The number of benzene rings is 2.